The maximum atomic E-state index is 12.3. The first-order chi connectivity index (χ1) is 12.8. The van der Waals surface area contributed by atoms with E-state index in [-0.39, 0.29) is 11.7 Å². The molecular formula is C19H18Cl2N4OS. The van der Waals surface area contributed by atoms with Crippen molar-refractivity contribution in [3.8, 4) is 5.69 Å². The molecule has 0 atom stereocenters. The molecule has 1 N–H and O–H groups in total. The number of amides is 1. The Morgan fingerprint density at radius 2 is 1.85 bits per heavy atom. The summed E-state index contributed by atoms with van der Waals surface area (Å²) in [6.45, 7) is 5.98. The number of thioether (sulfide) groups is 1. The first-order valence-electron chi connectivity index (χ1n) is 8.22. The van der Waals surface area contributed by atoms with Crippen molar-refractivity contribution in [2.24, 2.45) is 0 Å². The van der Waals surface area contributed by atoms with Crippen molar-refractivity contribution in [3.05, 3.63) is 63.4 Å². The average molecular weight is 421 g/mol. The van der Waals surface area contributed by atoms with Gasteiger partial charge in [-0.25, -0.2) is 0 Å². The summed E-state index contributed by atoms with van der Waals surface area (Å²) in [5, 5.41) is 12.7. The molecule has 0 aliphatic rings. The van der Waals surface area contributed by atoms with Gasteiger partial charge in [0.2, 0.25) is 5.91 Å². The standard InChI is InChI=1S/C19H18Cl2N4OS/c1-11-4-5-12(2)17(8-11)25-13(3)23-24-19(25)27-10-18(26)22-14-6-7-15(20)16(21)9-14/h4-9H,10H2,1-3H3,(H,22,26). The van der Waals surface area contributed by atoms with Gasteiger partial charge in [-0.1, -0.05) is 47.1 Å². The molecule has 2 aromatic carbocycles. The fourth-order valence-electron chi connectivity index (χ4n) is 2.58. The number of carbonyl (C=O) groups is 1. The van der Waals surface area contributed by atoms with Gasteiger partial charge < -0.3 is 5.32 Å². The minimum atomic E-state index is -0.161. The molecule has 0 aliphatic carbocycles. The number of anilines is 1. The van der Waals surface area contributed by atoms with Crippen LogP contribution in [-0.4, -0.2) is 26.4 Å². The zero-order chi connectivity index (χ0) is 19.6. The lowest BCUT2D eigenvalue weighted by Gasteiger charge is -2.12. The Kier molecular flexibility index (Phi) is 6.09. The molecule has 1 heterocycles. The minimum Gasteiger partial charge on any atom is -0.325 e. The molecule has 5 nitrogen and oxygen atoms in total. The molecule has 0 radical (unpaired) electrons. The molecule has 0 bridgehead atoms. The number of halogens is 2. The molecule has 0 saturated heterocycles. The van der Waals surface area contributed by atoms with E-state index in [2.05, 4.69) is 33.7 Å². The summed E-state index contributed by atoms with van der Waals surface area (Å²) in [6.07, 6.45) is 0. The van der Waals surface area contributed by atoms with Crippen molar-refractivity contribution in [3.63, 3.8) is 0 Å². The maximum Gasteiger partial charge on any atom is 0.234 e. The van der Waals surface area contributed by atoms with Crippen LogP contribution in [0, 0.1) is 20.8 Å². The lowest BCUT2D eigenvalue weighted by Crippen LogP contribution is -2.14. The van der Waals surface area contributed by atoms with Crippen LogP contribution in [-0.2, 0) is 4.79 Å². The first-order valence-corrected chi connectivity index (χ1v) is 9.96. The van der Waals surface area contributed by atoms with E-state index in [0.29, 0.717) is 20.9 Å². The van der Waals surface area contributed by atoms with E-state index in [4.69, 9.17) is 23.2 Å². The monoisotopic (exact) mass is 420 g/mol. The fraction of sp³-hybridized carbons (Fsp3) is 0.211. The van der Waals surface area contributed by atoms with E-state index in [1.54, 1.807) is 18.2 Å². The summed E-state index contributed by atoms with van der Waals surface area (Å²) in [4.78, 5) is 12.3. The highest BCUT2D eigenvalue weighted by molar-refractivity contribution is 7.99. The van der Waals surface area contributed by atoms with Crippen LogP contribution in [0.3, 0.4) is 0 Å². The molecule has 0 saturated carbocycles. The zero-order valence-corrected chi connectivity index (χ0v) is 17.4. The van der Waals surface area contributed by atoms with Gasteiger partial charge in [-0.15, -0.1) is 10.2 Å². The van der Waals surface area contributed by atoms with E-state index in [1.165, 1.54) is 11.8 Å². The highest BCUT2D eigenvalue weighted by Crippen LogP contribution is 2.27. The normalized spacial score (nSPS) is 10.9. The van der Waals surface area contributed by atoms with Crippen LogP contribution in [0.2, 0.25) is 10.0 Å². The van der Waals surface area contributed by atoms with Crippen LogP contribution < -0.4 is 5.32 Å². The number of aromatic nitrogens is 3. The molecule has 27 heavy (non-hydrogen) atoms. The van der Waals surface area contributed by atoms with Crippen LogP contribution in [0.1, 0.15) is 17.0 Å². The zero-order valence-electron chi connectivity index (χ0n) is 15.1. The van der Waals surface area contributed by atoms with Crippen molar-refractivity contribution >= 4 is 46.6 Å². The number of hydrogen-bond acceptors (Lipinski definition) is 4. The number of hydrogen-bond donors (Lipinski definition) is 1. The third-order valence-electron chi connectivity index (χ3n) is 3.94. The molecule has 0 fully saturated rings. The number of aryl methyl sites for hydroxylation is 3. The summed E-state index contributed by atoms with van der Waals surface area (Å²) in [7, 11) is 0. The Hall–Kier alpha value is -2.02. The Morgan fingerprint density at radius 3 is 2.59 bits per heavy atom. The van der Waals surface area contributed by atoms with Gasteiger partial charge in [-0.05, 0) is 56.2 Å². The Balaban J connectivity index is 1.74. The lowest BCUT2D eigenvalue weighted by atomic mass is 10.1. The summed E-state index contributed by atoms with van der Waals surface area (Å²) in [5.74, 6) is 0.811. The van der Waals surface area contributed by atoms with Crippen LogP contribution >= 0.6 is 35.0 Å². The van der Waals surface area contributed by atoms with Crippen molar-refractivity contribution < 1.29 is 4.79 Å². The number of nitrogens with one attached hydrogen (secondary N) is 1. The molecule has 1 aromatic heterocycles. The predicted molar refractivity (Wildman–Crippen MR) is 111 cm³/mol. The predicted octanol–water partition coefficient (Wildman–Crippen LogP) is 5.23. The van der Waals surface area contributed by atoms with Gasteiger partial charge in [0.1, 0.15) is 5.82 Å². The highest BCUT2D eigenvalue weighted by atomic mass is 35.5. The molecular weight excluding hydrogens is 403 g/mol. The van der Waals surface area contributed by atoms with Gasteiger partial charge in [0.15, 0.2) is 5.16 Å². The topological polar surface area (TPSA) is 59.8 Å². The van der Waals surface area contributed by atoms with Gasteiger partial charge >= 0.3 is 0 Å². The fourth-order valence-corrected chi connectivity index (χ4v) is 3.66. The van der Waals surface area contributed by atoms with Gasteiger partial charge in [0.25, 0.3) is 0 Å². The number of benzene rings is 2. The Morgan fingerprint density at radius 1 is 1.07 bits per heavy atom. The largest absolute Gasteiger partial charge is 0.325 e. The van der Waals surface area contributed by atoms with E-state index >= 15 is 0 Å². The second-order valence-electron chi connectivity index (χ2n) is 6.12. The molecule has 3 aromatic rings. The smallest absolute Gasteiger partial charge is 0.234 e. The molecule has 8 heteroatoms. The average Bonchev–Trinajstić information content (AvgIpc) is 2.99. The van der Waals surface area contributed by atoms with Crippen LogP contribution in [0.15, 0.2) is 41.6 Å². The number of carbonyl (C=O) groups excluding carboxylic acids is 1. The molecule has 1 amide bonds. The van der Waals surface area contributed by atoms with Crippen molar-refractivity contribution in [1.82, 2.24) is 14.8 Å². The van der Waals surface area contributed by atoms with Crippen molar-refractivity contribution in [2.75, 3.05) is 11.1 Å². The number of nitrogens with zero attached hydrogens (tertiary/aromatic N) is 3. The molecule has 3 rings (SSSR count). The lowest BCUT2D eigenvalue weighted by molar-refractivity contribution is -0.113. The molecule has 0 unspecified atom stereocenters. The Labute approximate surface area is 172 Å². The van der Waals surface area contributed by atoms with Crippen molar-refractivity contribution in [2.45, 2.75) is 25.9 Å². The summed E-state index contributed by atoms with van der Waals surface area (Å²) in [6, 6.07) is 11.2. The number of rotatable bonds is 5. The second kappa shape index (κ2) is 8.33. The summed E-state index contributed by atoms with van der Waals surface area (Å²) < 4.78 is 1.97. The van der Waals surface area contributed by atoms with Gasteiger partial charge in [-0.3, -0.25) is 9.36 Å². The molecule has 140 valence electrons. The highest BCUT2D eigenvalue weighted by Gasteiger charge is 2.15. The van der Waals surface area contributed by atoms with Gasteiger partial charge in [-0.2, -0.15) is 0 Å². The van der Waals surface area contributed by atoms with Gasteiger partial charge in [0.05, 0.1) is 21.5 Å². The van der Waals surface area contributed by atoms with Gasteiger partial charge in [0, 0.05) is 5.69 Å². The van der Waals surface area contributed by atoms with E-state index in [0.717, 1.165) is 22.6 Å². The van der Waals surface area contributed by atoms with E-state index < -0.39 is 0 Å². The maximum absolute atomic E-state index is 12.3. The van der Waals surface area contributed by atoms with E-state index in [9.17, 15) is 4.79 Å². The summed E-state index contributed by atoms with van der Waals surface area (Å²) >= 11 is 13.2. The SMILES string of the molecule is Cc1ccc(C)c(-n2c(C)nnc2SCC(=O)Nc2ccc(Cl)c(Cl)c2)c1. The van der Waals surface area contributed by atoms with E-state index in [1.807, 2.05) is 25.3 Å². The quantitative estimate of drug-likeness (QED) is 0.573. The summed E-state index contributed by atoms with van der Waals surface area (Å²) in [5.41, 5.74) is 3.88. The molecule has 0 spiro atoms. The first kappa shape index (κ1) is 19.7. The Bertz CT molecular complexity index is 1000. The third-order valence-corrected chi connectivity index (χ3v) is 5.60. The van der Waals surface area contributed by atoms with Crippen molar-refractivity contribution in [1.29, 1.82) is 0 Å². The second-order valence-corrected chi connectivity index (χ2v) is 7.88. The van der Waals surface area contributed by atoms with Crippen LogP contribution in [0.4, 0.5) is 5.69 Å². The molecule has 0 aliphatic heterocycles. The third kappa shape index (κ3) is 4.64. The van der Waals surface area contributed by atoms with Crippen LogP contribution in [0.5, 0.6) is 0 Å². The minimum absolute atomic E-state index is 0.161. The van der Waals surface area contributed by atoms with Crippen LogP contribution in [0.25, 0.3) is 5.69 Å².